The van der Waals surface area contributed by atoms with Crippen LogP contribution < -0.4 is 20.4 Å². The monoisotopic (exact) mass is 899 g/mol. The Bertz CT molecular complexity index is 2750. The van der Waals surface area contributed by atoms with Gasteiger partial charge in [-0.15, -0.1) is 0 Å². The van der Waals surface area contributed by atoms with Crippen molar-refractivity contribution >= 4 is 23.9 Å². The van der Waals surface area contributed by atoms with Crippen LogP contribution in [0.25, 0.3) is 66.8 Å². The molecule has 9 rings (SSSR count). The summed E-state index contributed by atoms with van der Waals surface area (Å²) in [5, 5.41) is 2.52. The van der Waals surface area contributed by atoms with Gasteiger partial charge < -0.3 is 4.80 Å². The minimum atomic E-state index is -4.32. The number of benzene rings is 9. The molecule has 0 saturated carbocycles. The van der Waals surface area contributed by atoms with Gasteiger partial charge >= 0.3 is 0 Å². The average Bonchev–Trinajstić information content (AvgIpc) is 3.28. The lowest BCUT2D eigenvalue weighted by molar-refractivity contribution is -0.193. The van der Waals surface area contributed by atoms with Crippen molar-refractivity contribution in [2.45, 2.75) is 83.1 Å². The second-order valence-corrected chi connectivity index (χ2v) is 22.8. The predicted octanol–water partition coefficient (Wildman–Crippen LogP) is 14.7. The van der Waals surface area contributed by atoms with Gasteiger partial charge in [0.1, 0.15) is 0 Å². The zero-order valence-corrected chi connectivity index (χ0v) is 43.0. The molecule has 0 saturated heterocycles. The van der Waals surface area contributed by atoms with Crippen LogP contribution in [0.1, 0.15) is 66.8 Å². The van der Waals surface area contributed by atoms with Crippen LogP contribution in [0.15, 0.2) is 164 Å². The molecule has 1 nitrogen and oxygen atoms in total. The molecule has 9 aromatic carbocycles. The van der Waals surface area contributed by atoms with Crippen molar-refractivity contribution in [1.82, 2.24) is 0 Å². The van der Waals surface area contributed by atoms with E-state index in [1.165, 1.54) is 100 Å². The lowest BCUT2D eigenvalue weighted by Gasteiger charge is -2.42. The average molecular weight is 900 g/mol. The first-order chi connectivity index (χ1) is 32.5. The standard InChI is InChI=1S/C66H63OSi/c1-40-19-13-20-41(2)61(40)52-31-53(62-42(3)21-14-22-43(62)4)35-58(34-52)68(67,59-36-54(63-44(5)23-15-24-45(63)6)32-55(37-59)64-46(7)25-16-26-47(64)8)60-38-56(65-48(9)27-17-28-49(65)10)33-57(39-60)66-50(11)29-18-30-51(66)12/h13-39H,1-12H3/q-1. The molecule has 0 atom stereocenters. The van der Waals surface area contributed by atoms with E-state index in [0.717, 1.165) is 48.9 Å². The normalized spacial score (nSPS) is 11.6. The minimum absolute atomic E-state index is 0.840. The number of hydrogen-bond donors (Lipinski definition) is 0. The Morgan fingerprint density at radius 1 is 0.221 bits per heavy atom. The Balaban J connectivity index is 1.50. The van der Waals surface area contributed by atoms with Crippen LogP contribution in [-0.4, -0.2) is 8.32 Å². The summed E-state index contributed by atoms with van der Waals surface area (Å²) in [6.45, 7) is 26.4. The van der Waals surface area contributed by atoms with Gasteiger partial charge in [0.05, 0.1) is 8.32 Å². The smallest absolute Gasteiger partial charge is 0.0574 e. The largest absolute Gasteiger partial charge is 0.848 e. The van der Waals surface area contributed by atoms with Crippen LogP contribution in [0, 0.1) is 83.1 Å². The SMILES string of the molecule is Cc1cccc(C)c1-c1cc(-c2c(C)cccc2C)cc([Si]([O-])(c2cc(-c3c(C)cccc3C)cc(-c3c(C)cccc3C)c2)c2cc(-c3c(C)cccc3C)cc(-c3c(C)cccc3C)c2)c1. The maximum atomic E-state index is 18.4. The fourth-order valence-electron chi connectivity index (χ4n) is 11.5. The first kappa shape index (κ1) is 46.3. The Hall–Kier alpha value is -6.84. The third-order valence-electron chi connectivity index (χ3n) is 14.6. The molecule has 0 aliphatic heterocycles. The quantitative estimate of drug-likeness (QED) is 0.105. The highest BCUT2D eigenvalue weighted by Crippen LogP contribution is 2.38. The molecule has 68 heavy (non-hydrogen) atoms. The van der Waals surface area contributed by atoms with Crippen LogP contribution in [0.3, 0.4) is 0 Å². The van der Waals surface area contributed by atoms with Crippen molar-refractivity contribution in [2.24, 2.45) is 0 Å². The molecule has 0 amide bonds. The molecule has 0 aromatic heterocycles. The topological polar surface area (TPSA) is 23.1 Å². The van der Waals surface area contributed by atoms with Crippen molar-refractivity contribution < 1.29 is 4.80 Å². The second-order valence-electron chi connectivity index (χ2n) is 19.7. The number of aryl methyl sites for hydroxylation is 12. The lowest BCUT2D eigenvalue weighted by atomic mass is 9.90. The predicted molar refractivity (Wildman–Crippen MR) is 293 cm³/mol. The fraction of sp³-hybridized carbons (Fsp3) is 0.182. The summed E-state index contributed by atoms with van der Waals surface area (Å²) in [4.78, 5) is 18.4. The molecule has 0 radical (unpaired) electrons. The zero-order valence-electron chi connectivity index (χ0n) is 42.0. The van der Waals surface area contributed by atoms with Gasteiger partial charge in [0.15, 0.2) is 0 Å². The first-order valence-electron chi connectivity index (χ1n) is 24.1. The maximum absolute atomic E-state index is 18.4. The van der Waals surface area contributed by atoms with Gasteiger partial charge in [0.25, 0.3) is 0 Å². The summed E-state index contributed by atoms with van der Waals surface area (Å²) >= 11 is 0. The molecule has 338 valence electrons. The fourth-order valence-corrected chi connectivity index (χ4v) is 14.6. The van der Waals surface area contributed by atoms with Gasteiger partial charge in [0, 0.05) is 0 Å². The van der Waals surface area contributed by atoms with Crippen molar-refractivity contribution in [3.8, 4) is 66.8 Å². The summed E-state index contributed by atoms with van der Waals surface area (Å²) in [5.74, 6) is 0. The summed E-state index contributed by atoms with van der Waals surface area (Å²) in [5.41, 5.74) is 27.8. The molecular formula is C66H63OSi-. The van der Waals surface area contributed by atoms with Crippen molar-refractivity contribution in [3.63, 3.8) is 0 Å². The van der Waals surface area contributed by atoms with E-state index in [2.05, 4.69) is 247 Å². The van der Waals surface area contributed by atoms with E-state index in [1.54, 1.807) is 0 Å². The maximum Gasteiger partial charge on any atom is 0.0574 e. The van der Waals surface area contributed by atoms with Crippen LogP contribution in [0.2, 0.25) is 0 Å². The molecule has 9 aromatic rings. The van der Waals surface area contributed by atoms with E-state index in [9.17, 15) is 0 Å². The highest BCUT2D eigenvalue weighted by molar-refractivity contribution is 7.05. The molecule has 0 aliphatic carbocycles. The van der Waals surface area contributed by atoms with Gasteiger partial charge in [0.2, 0.25) is 0 Å². The highest BCUT2D eigenvalue weighted by Gasteiger charge is 2.32. The Morgan fingerprint density at radius 2 is 0.353 bits per heavy atom. The van der Waals surface area contributed by atoms with E-state index < -0.39 is 8.32 Å². The second kappa shape index (κ2) is 18.3. The van der Waals surface area contributed by atoms with E-state index >= 15 is 4.80 Å². The van der Waals surface area contributed by atoms with Gasteiger partial charge in [-0.1, -0.05) is 161 Å². The van der Waals surface area contributed by atoms with E-state index in [1.807, 2.05) is 0 Å². The van der Waals surface area contributed by atoms with Gasteiger partial charge in [-0.05, 0) is 235 Å². The molecule has 0 spiro atoms. The molecule has 0 heterocycles. The Kier molecular flexibility index (Phi) is 12.5. The van der Waals surface area contributed by atoms with E-state index in [4.69, 9.17) is 0 Å². The van der Waals surface area contributed by atoms with Crippen molar-refractivity contribution in [2.75, 3.05) is 0 Å². The Labute approximate surface area is 407 Å². The number of rotatable bonds is 9. The van der Waals surface area contributed by atoms with Gasteiger partial charge in [-0.3, -0.25) is 0 Å². The highest BCUT2D eigenvalue weighted by atomic mass is 28.4. The van der Waals surface area contributed by atoms with Crippen LogP contribution in [0.4, 0.5) is 0 Å². The third kappa shape index (κ3) is 8.31. The van der Waals surface area contributed by atoms with E-state index in [0.29, 0.717) is 0 Å². The molecule has 0 unspecified atom stereocenters. The van der Waals surface area contributed by atoms with Crippen LogP contribution >= 0.6 is 0 Å². The number of hydrogen-bond acceptors (Lipinski definition) is 1. The summed E-state index contributed by atoms with van der Waals surface area (Å²) in [6.07, 6.45) is 0. The van der Waals surface area contributed by atoms with Gasteiger partial charge in [-0.25, -0.2) is 0 Å². The third-order valence-corrected chi connectivity index (χ3v) is 17.9. The van der Waals surface area contributed by atoms with Gasteiger partial charge in [-0.2, -0.15) is 0 Å². The minimum Gasteiger partial charge on any atom is -0.848 e. The van der Waals surface area contributed by atoms with E-state index in [-0.39, 0.29) is 0 Å². The summed E-state index contributed by atoms with van der Waals surface area (Å²) in [7, 11) is -4.32. The molecule has 0 aliphatic rings. The Morgan fingerprint density at radius 3 is 0.485 bits per heavy atom. The summed E-state index contributed by atoms with van der Waals surface area (Å²) in [6, 6.07) is 59.9. The summed E-state index contributed by atoms with van der Waals surface area (Å²) < 4.78 is 0. The van der Waals surface area contributed by atoms with Crippen LogP contribution in [-0.2, 0) is 0 Å². The molecule has 2 heteroatoms. The van der Waals surface area contributed by atoms with Crippen molar-refractivity contribution in [1.29, 1.82) is 0 Å². The van der Waals surface area contributed by atoms with Crippen molar-refractivity contribution in [3.05, 3.63) is 231 Å². The lowest BCUT2D eigenvalue weighted by Crippen LogP contribution is -2.76. The van der Waals surface area contributed by atoms with Crippen LogP contribution in [0.5, 0.6) is 0 Å². The molecule has 0 N–H and O–H groups in total. The first-order valence-corrected chi connectivity index (χ1v) is 26.0. The molecular weight excluding hydrogens is 837 g/mol. The molecule has 0 bridgehead atoms. The molecule has 0 fully saturated rings. The zero-order chi connectivity index (χ0) is 48.2.